The van der Waals surface area contributed by atoms with Gasteiger partial charge in [0.25, 0.3) is 5.91 Å². The zero-order valence-electron chi connectivity index (χ0n) is 16.8. The number of amides is 1. The fraction of sp³-hybridized carbons (Fsp3) is 0.182. The van der Waals surface area contributed by atoms with Crippen molar-refractivity contribution in [2.24, 2.45) is 7.05 Å². The number of ether oxygens (including phenoxy) is 1. The van der Waals surface area contributed by atoms with Gasteiger partial charge in [-0.25, -0.2) is 14.6 Å². The number of nitrogens with one attached hydrogen (secondary N) is 1. The molecule has 0 atom stereocenters. The number of anilines is 1. The molecule has 5 rings (SSSR count). The van der Waals surface area contributed by atoms with Crippen LogP contribution < -0.4 is 10.1 Å². The van der Waals surface area contributed by atoms with Crippen LogP contribution in [0.5, 0.6) is 5.88 Å². The minimum Gasteiger partial charge on any atom is -0.466 e. The topological polar surface area (TPSA) is 81.9 Å². The Kier molecular flexibility index (Phi) is 4.36. The summed E-state index contributed by atoms with van der Waals surface area (Å²) in [6.45, 7) is 3.77. The molecule has 0 fully saturated rings. The first kappa shape index (κ1) is 18.5. The highest BCUT2D eigenvalue weighted by atomic mass is 32.1. The fourth-order valence-electron chi connectivity index (χ4n) is 3.65. The second kappa shape index (κ2) is 7.07. The summed E-state index contributed by atoms with van der Waals surface area (Å²) in [5, 5.41) is 10.8. The van der Waals surface area contributed by atoms with Crippen LogP contribution in [0.3, 0.4) is 0 Å². The summed E-state index contributed by atoms with van der Waals surface area (Å²) in [5.74, 6) is 0.123. The molecule has 3 heterocycles. The van der Waals surface area contributed by atoms with Gasteiger partial charge in [-0.2, -0.15) is 0 Å². The Morgan fingerprint density at radius 1 is 1.17 bits per heavy atom. The number of rotatable bonds is 4. The summed E-state index contributed by atoms with van der Waals surface area (Å²) in [4.78, 5) is 21.6. The first-order valence-electron chi connectivity index (χ1n) is 9.51. The van der Waals surface area contributed by atoms with Crippen LogP contribution in [0.15, 0.2) is 42.5 Å². The summed E-state index contributed by atoms with van der Waals surface area (Å²) < 4.78 is 8.43. The van der Waals surface area contributed by atoms with E-state index in [1.807, 2.05) is 51.2 Å². The summed E-state index contributed by atoms with van der Waals surface area (Å²) >= 11 is 1.44. The van der Waals surface area contributed by atoms with Crippen molar-refractivity contribution in [1.29, 1.82) is 0 Å². The third-order valence-corrected chi connectivity index (χ3v) is 5.89. The van der Waals surface area contributed by atoms with Gasteiger partial charge in [0.05, 0.1) is 15.6 Å². The molecule has 1 amide bonds. The van der Waals surface area contributed by atoms with E-state index in [1.165, 1.54) is 11.3 Å². The number of thiazole rings is 1. The molecule has 30 heavy (non-hydrogen) atoms. The Balaban J connectivity index is 1.36. The first-order chi connectivity index (χ1) is 14.5. The third-order valence-electron chi connectivity index (χ3n) is 4.96. The first-order valence-corrected chi connectivity index (χ1v) is 10.3. The molecule has 1 N–H and O–H groups in total. The number of aromatic nitrogens is 4. The van der Waals surface area contributed by atoms with Gasteiger partial charge >= 0.3 is 0 Å². The van der Waals surface area contributed by atoms with Gasteiger partial charge in [0.1, 0.15) is 0 Å². The average molecular weight is 417 g/mol. The van der Waals surface area contributed by atoms with E-state index in [9.17, 15) is 4.79 Å². The number of fused-ring (bicyclic) bond motifs is 4. The van der Waals surface area contributed by atoms with Crippen LogP contribution in [0.2, 0.25) is 0 Å². The predicted molar refractivity (Wildman–Crippen MR) is 119 cm³/mol. The molecule has 0 radical (unpaired) electrons. The van der Waals surface area contributed by atoms with Gasteiger partial charge in [-0.05, 0) is 36.9 Å². The van der Waals surface area contributed by atoms with Crippen LogP contribution in [-0.2, 0) is 11.8 Å². The number of pyridine rings is 1. The van der Waals surface area contributed by atoms with E-state index in [2.05, 4.69) is 32.5 Å². The minimum atomic E-state index is -0.283. The maximum atomic E-state index is 12.5. The van der Waals surface area contributed by atoms with E-state index in [0.717, 1.165) is 43.3 Å². The molecule has 5 aromatic rings. The van der Waals surface area contributed by atoms with Crippen LogP contribution >= 0.6 is 11.3 Å². The highest BCUT2D eigenvalue weighted by Crippen LogP contribution is 2.32. The molecule has 0 saturated carbocycles. The SMILES string of the molecule is Cc1cc(C)c2c(OCC(=O)Nc3nc4c(ccc5ccccc54)s3)nn(C)c2n1. The lowest BCUT2D eigenvalue weighted by Crippen LogP contribution is -2.20. The third kappa shape index (κ3) is 3.15. The van der Waals surface area contributed by atoms with Crippen LogP contribution in [-0.4, -0.2) is 32.3 Å². The molecule has 150 valence electrons. The van der Waals surface area contributed by atoms with Gasteiger partial charge in [0.2, 0.25) is 5.88 Å². The molecular weight excluding hydrogens is 398 g/mol. The molecule has 7 nitrogen and oxygen atoms in total. The van der Waals surface area contributed by atoms with Crippen molar-refractivity contribution in [1.82, 2.24) is 19.7 Å². The molecule has 0 bridgehead atoms. The summed E-state index contributed by atoms with van der Waals surface area (Å²) in [6.07, 6.45) is 0. The van der Waals surface area contributed by atoms with Gasteiger partial charge < -0.3 is 4.74 Å². The van der Waals surface area contributed by atoms with Crippen molar-refractivity contribution in [3.63, 3.8) is 0 Å². The van der Waals surface area contributed by atoms with Crippen molar-refractivity contribution >= 4 is 54.4 Å². The predicted octanol–water partition coefficient (Wildman–Crippen LogP) is 4.37. The smallest absolute Gasteiger partial charge is 0.264 e. The lowest BCUT2D eigenvalue weighted by atomic mass is 10.1. The van der Waals surface area contributed by atoms with Gasteiger partial charge in [0, 0.05) is 18.1 Å². The Hall–Kier alpha value is -3.52. The fourth-order valence-corrected chi connectivity index (χ4v) is 4.55. The van der Waals surface area contributed by atoms with E-state index in [4.69, 9.17) is 4.74 Å². The molecule has 0 aliphatic heterocycles. The largest absolute Gasteiger partial charge is 0.466 e. The second-order valence-corrected chi connectivity index (χ2v) is 8.23. The molecular formula is C22H19N5O2S. The number of aryl methyl sites for hydroxylation is 3. The van der Waals surface area contributed by atoms with Crippen molar-refractivity contribution in [2.45, 2.75) is 13.8 Å². The van der Waals surface area contributed by atoms with Gasteiger partial charge in [-0.3, -0.25) is 10.1 Å². The van der Waals surface area contributed by atoms with Crippen LogP contribution in [0.25, 0.3) is 32.0 Å². The van der Waals surface area contributed by atoms with E-state index in [-0.39, 0.29) is 12.5 Å². The number of nitrogens with zero attached hydrogens (tertiary/aromatic N) is 4. The van der Waals surface area contributed by atoms with Crippen molar-refractivity contribution in [3.8, 4) is 5.88 Å². The molecule has 3 aromatic heterocycles. The van der Waals surface area contributed by atoms with Crippen LogP contribution in [0.1, 0.15) is 11.3 Å². The second-order valence-electron chi connectivity index (χ2n) is 7.20. The summed E-state index contributed by atoms with van der Waals surface area (Å²) in [6, 6.07) is 14.1. The molecule has 0 aliphatic rings. The van der Waals surface area contributed by atoms with E-state index >= 15 is 0 Å². The summed E-state index contributed by atoms with van der Waals surface area (Å²) in [5.41, 5.74) is 3.55. The molecule has 0 unspecified atom stereocenters. The zero-order valence-corrected chi connectivity index (χ0v) is 17.6. The number of hydrogen-bond donors (Lipinski definition) is 1. The Bertz CT molecular complexity index is 1440. The quantitative estimate of drug-likeness (QED) is 0.470. The Morgan fingerprint density at radius 2 is 2.00 bits per heavy atom. The highest BCUT2D eigenvalue weighted by Gasteiger charge is 2.16. The molecule has 0 aliphatic carbocycles. The van der Waals surface area contributed by atoms with E-state index in [1.54, 1.807) is 4.68 Å². The standard InChI is InChI=1S/C22H19N5O2S/c1-12-10-13(2)23-20-18(12)21(26-27(20)3)29-11-17(28)24-22-25-19-15-7-5-4-6-14(15)8-9-16(19)30-22/h4-10H,11H2,1-3H3,(H,24,25,28). The van der Waals surface area contributed by atoms with Crippen molar-refractivity contribution in [3.05, 3.63) is 53.7 Å². The molecule has 8 heteroatoms. The molecule has 2 aromatic carbocycles. The van der Waals surface area contributed by atoms with Crippen LogP contribution in [0, 0.1) is 13.8 Å². The zero-order chi connectivity index (χ0) is 20.8. The lowest BCUT2D eigenvalue weighted by molar-refractivity contribution is -0.118. The number of carbonyl (C=O) groups excluding carboxylic acids is 1. The van der Waals surface area contributed by atoms with E-state index < -0.39 is 0 Å². The minimum absolute atomic E-state index is 0.157. The summed E-state index contributed by atoms with van der Waals surface area (Å²) in [7, 11) is 1.81. The van der Waals surface area contributed by atoms with Gasteiger partial charge in [-0.15, -0.1) is 5.10 Å². The highest BCUT2D eigenvalue weighted by molar-refractivity contribution is 7.22. The number of benzene rings is 2. The van der Waals surface area contributed by atoms with Crippen molar-refractivity contribution in [2.75, 3.05) is 11.9 Å². The lowest BCUT2D eigenvalue weighted by Gasteiger charge is -2.04. The maximum Gasteiger partial charge on any atom is 0.264 e. The Labute approximate surface area is 176 Å². The molecule has 0 saturated heterocycles. The number of carbonyl (C=O) groups is 1. The van der Waals surface area contributed by atoms with Crippen molar-refractivity contribution < 1.29 is 9.53 Å². The average Bonchev–Trinajstić information content (AvgIpc) is 3.27. The monoisotopic (exact) mass is 417 g/mol. The van der Waals surface area contributed by atoms with E-state index in [0.29, 0.717) is 11.0 Å². The Morgan fingerprint density at radius 3 is 2.87 bits per heavy atom. The van der Waals surface area contributed by atoms with Gasteiger partial charge in [-0.1, -0.05) is 41.7 Å². The normalized spacial score (nSPS) is 11.4. The maximum absolute atomic E-state index is 12.5. The van der Waals surface area contributed by atoms with Gasteiger partial charge in [0.15, 0.2) is 17.4 Å². The van der Waals surface area contributed by atoms with Crippen LogP contribution in [0.4, 0.5) is 5.13 Å². The molecule has 0 spiro atoms. The number of hydrogen-bond acceptors (Lipinski definition) is 6.